The third kappa shape index (κ3) is 8.39. The average Bonchev–Trinajstić information content (AvgIpc) is 2.65. The van der Waals surface area contributed by atoms with Crippen LogP contribution in [0.15, 0.2) is 0 Å². The van der Waals surface area contributed by atoms with E-state index < -0.39 is 72.9 Å². The van der Waals surface area contributed by atoms with E-state index in [0.717, 1.165) is 0 Å². The van der Waals surface area contributed by atoms with Crippen LogP contribution in [-0.4, -0.2) is 135 Å². The third-order valence-corrected chi connectivity index (χ3v) is 4.48. The number of ether oxygens (including phenoxy) is 2. The van der Waals surface area contributed by atoms with Crippen LogP contribution < -0.4 is 0 Å². The zero-order chi connectivity index (χ0) is 21.3. The van der Waals surface area contributed by atoms with E-state index in [9.17, 15) is 10.2 Å². The normalized spacial score (nSPS) is 44.1. The standard InChI is InChI=1S/2C6H12O5S.2CH3.Sn/c2*7-1-2-3(8)4(9)5(10)6(12)11-2;;;/h2*2-10,12H,1H2;2*1H3;/q;;;;+2/p-2/t2*2-,3-,4+,5-,6?;;;/m11.../s1. The van der Waals surface area contributed by atoms with Gasteiger partial charge in [-0.1, -0.05) is 0 Å². The van der Waals surface area contributed by atoms with Gasteiger partial charge in [-0.3, -0.25) is 0 Å². The maximum absolute atomic E-state index is 9.18. The van der Waals surface area contributed by atoms with Gasteiger partial charge >= 0.3 is 31.0 Å². The fraction of sp³-hybridized carbons (Fsp3) is 1.00. The predicted octanol–water partition coefficient (Wildman–Crippen LogP) is -4.55. The van der Waals surface area contributed by atoms with Crippen LogP contribution in [0.4, 0.5) is 0 Å². The van der Waals surface area contributed by atoms with E-state index in [1.54, 1.807) is 0 Å². The third-order valence-electron chi connectivity index (χ3n) is 3.70. The number of hydrogen-bond donors (Lipinski definition) is 8. The van der Waals surface area contributed by atoms with Crippen LogP contribution in [0, 0.1) is 0 Å². The summed E-state index contributed by atoms with van der Waals surface area (Å²) in [5.74, 6) is 0. The first kappa shape index (κ1) is 28.1. The molecular weight excluding hydrogens is 511 g/mol. The predicted molar refractivity (Wildman–Crippen MR) is 99.7 cm³/mol. The minimum absolute atomic E-state index is 0.230. The molecule has 0 aromatic heterocycles. The van der Waals surface area contributed by atoms with E-state index in [-0.39, 0.29) is 21.1 Å². The van der Waals surface area contributed by atoms with Crippen LogP contribution in [0.25, 0.3) is 0 Å². The second-order valence-electron chi connectivity index (χ2n) is 5.89. The molecule has 0 aromatic carbocycles. The van der Waals surface area contributed by atoms with Gasteiger partial charge < -0.3 is 75.6 Å². The molecule has 2 rings (SSSR count). The van der Waals surface area contributed by atoms with Gasteiger partial charge in [0.1, 0.15) is 36.6 Å². The molecule has 27 heavy (non-hydrogen) atoms. The van der Waals surface area contributed by atoms with Crippen molar-refractivity contribution in [3.05, 3.63) is 0 Å². The van der Waals surface area contributed by atoms with Gasteiger partial charge in [0.25, 0.3) is 0 Å². The fourth-order valence-electron chi connectivity index (χ4n) is 2.13. The van der Waals surface area contributed by atoms with Crippen molar-refractivity contribution in [3.8, 4) is 0 Å². The van der Waals surface area contributed by atoms with Crippen molar-refractivity contribution in [1.29, 1.82) is 0 Å². The molecule has 2 fully saturated rings. The number of aliphatic hydroxyl groups excluding tert-OH is 8. The summed E-state index contributed by atoms with van der Waals surface area (Å²) in [7, 11) is 0. The minimum atomic E-state index is -1.35. The average molecular weight is 539 g/mol. The zero-order valence-corrected chi connectivity index (χ0v) is 19.4. The summed E-state index contributed by atoms with van der Waals surface area (Å²) in [6, 6.07) is 0. The second kappa shape index (κ2) is 14.2. The Balaban J connectivity index is 0.000000438. The van der Waals surface area contributed by atoms with E-state index in [2.05, 4.69) is 35.1 Å². The molecule has 10 atom stereocenters. The molecule has 10 nitrogen and oxygen atoms in total. The van der Waals surface area contributed by atoms with Crippen LogP contribution in [0.2, 0.25) is 9.88 Å². The van der Waals surface area contributed by atoms with Crippen molar-refractivity contribution < 1.29 is 50.3 Å². The molecule has 2 heterocycles. The number of hydrogen-bond acceptors (Lipinski definition) is 12. The van der Waals surface area contributed by atoms with Crippen molar-refractivity contribution in [3.63, 3.8) is 0 Å². The summed E-state index contributed by atoms with van der Waals surface area (Å²) in [4.78, 5) is 4.59. The molecule has 13 heteroatoms. The molecule has 2 aliphatic heterocycles. The molecule has 2 aliphatic rings. The van der Waals surface area contributed by atoms with Gasteiger partial charge in [0, 0.05) is 0 Å². The van der Waals surface area contributed by atoms with Gasteiger partial charge in [0.05, 0.1) is 25.4 Å². The Morgan fingerprint density at radius 1 is 0.630 bits per heavy atom. The number of aliphatic hydroxyl groups is 8. The van der Waals surface area contributed by atoms with E-state index in [0.29, 0.717) is 0 Å². The van der Waals surface area contributed by atoms with E-state index in [1.165, 1.54) is 0 Å². The fourth-order valence-corrected chi connectivity index (χ4v) is 2.74. The first-order valence-corrected chi connectivity index (χ1v) is 14.7. The van der Waals surface area contributed by atoms with Crippen LogP contribution in [0.1, 0.15) is 0 Å². The monoisotopic (exact) mass is 540 g/mol. The topological polar surface area (TPSA) is 180 Å². The van der Waals surface area contributed by atoms with Gasteiger partial charge in [-0.15, -0.1) is 0 Å². The zero-order valence-electron chi connectivity index (χ0n) is 14.9. The van der Waals surface area contributed by atoms with Gasteiger partial charge in [-0.05, 0) is 10.9 Å². The summed E-state index contributed by atoms with van der Waals surface area (Å²) in [5.41, 5.74) is -1.97. The molecule has 160 valence electrons. The molecule has 0 aromatic rings. The Morgan fingerprint density at radius 3 is 1.11 bits per heavy atom. The molecule has 0 saturated carbocycles. The van der Waals surface area contributed by atoms with E-state index in [1.807, 2.05) is 0 Å². The van der Waals surface area contributed by atoms with Crippen molar-refractivity contribution in [1.82, 2.24) is 0 Å². The first-order valence-electron chi connectivity index (χ1n) is 8.08. The molecule has 0 amide bonds. The summed E-state index contributed by atoms with van der Waals surface area (Å²) in [6.07, 6.45) is -9.66. The van der Waals surface area contributed by atoms with E-state index in [4.69, 9.17) is 40.1 Å². The van der Waals surface area contributed by atoms with Crippen LogP contribution in [-0.2, 0) is 34.7 Å². The Labute approximate surface area is 179 Å². The molecule has 0 radical (unpaired) electrons. The molecular formula is C14H28O10S2Sn. The Hall–Kier alpha value is 1.10. The molecule has 2 unspecified atom stereocenters. The Bertz CT molecular complexity index is 355. The SMILES string of the molecule is OC[C@H]1OC([S-])[C@H](O)[C@@H](O)[C@@H]1O.OC[C@H]1OC([S-])[C@H](O)[C@@H](O)[C@@H]1O.[CH3][Sn+2][CH3]. The van der Waals surface area contributed by atoms with Crippen LogP contribution >= 0.6 is 0 Å². The van der Waals surface area contributed by atoms with Crippen molar-refractivity contribution in [2.45, 2.75) is 69.6 Å². The summed E-state index contributed by atoms with van der Waals surface area (Å²) >= 11 is 9.49. The quantitative estimate of drug-likeness (QED) is 0.125. The second-order valence-corrected chi connectivity index (χ2v) is 9.68. The van der Waals surface area contributed by atoms with Gasteiger partial charge in [-0.2, -0.15) is 0 Å². The molecule has 0 bridgehead atoms. The van der Waals surface area contributed by atoms with Crippen molar-refractivity contribution in [2.24, 2.45) is 0 Å². The maximum atomic E-state index is 9.18. The van der Waals surface area contributed by atoms with Crippen molar-refractivity contribution >= 4 is 46.4 Å². The Morgan fingerprint density at radius 2 is 0.889 bits per heavy atom. The van der Waals surface area contributed by atoms with Crippen LogP contribution in [0.5, 0.6) is 0 Å². The van der Waals surface area contributed by atoms with E-state index >= 15 is 0 Å². The molecule has 0 spiro atoms. The van der Waals surface area contributed by atoms with Crippen molar-refractivity contribution in [2.75, 3.05) is 13.2 Å². The van der Waals surface area contributed by atoms with Crippen LogP contribution in [0.3, 0.4) is 0 Å². The molecule has 2 saturated heterocycles. The Kier molecular flexibility index (Phi) is 14.7. The molecule has 8 N–H and O–H groups in total. The first-order chi connectivity index (χ1) is 12.6. The summed E-state index contributed by atoms with van der Waals surface area (Å²) in [5, 5.41) is 72.2. The number of rotatable bonds is 2. The van der Waals surface area contributed by atoms with Gasteiger partial charge in [-0.25, -0.2) is 0 Å². The molecule has 0 aliphatic carbocycles. The van der Waals surface area contributed by atoms with Gasteiger partial charge in [0.15, 0.2) is 0 Å². The summed E-state index contributed by atoms with van der Waals surface area (Å²) in [6.45, 7) is -0.865. The summed E-state index contributed by atoms with van der Waals surface area (Å²) < 4.78 is 9.67. The van der Waals surface area contributed by atoms with Gasteiger partial charge in [0.2, 0.25) is 0 Å².